The highest BCUT2D eigenvalue weighted by molar-refractivity contribution is 7.16. The smallest absolute Gasteiger partial charge is 0.308 e. The molecule has 0 radical (unpaired) electrons. The van der Waals surface area contributed by atoms with Crippen molar-refractivity contribution in [1.82, 2.24) is 14.9 Å². The molecule has 0 aliphatic carbocycles. The molecule has 0 bridgehead atoms. The van der Waals surface area contributed by atoms with Gasteiger partial charge in [0.15, 0.2) is 0 Å². The van der Waals surface area contributed by atoms with Gasteiger partial charge in [0.2, 0.25) is 5.91 Å². The van der Waals surface area contributed by atoms with Crippen molar-refractivity contribution >= 4 is 39.2 Å². The molecule has 3 aromatic rings. The molecule has 3 amide bonds. The predicted molar refractivity (Wildman–Crippen MR) is 97.0 cm³/mol. The van der Waals surface area contributed by atoms with Gasteiger partial charge in [-0.1, -0.05) is 6.07 Å². The number of aryl methyl sites for hydroxylation is 2. The standard InChI is InChI=1S/C17H16N4O3S/c1-10-3-4-12(7-11(10)2)19-17(24)20-14(22)8-21-9-18-15-13(16(21)23)5-6-25-15/h3-7,9H,8H2,1-2H3,(H2,19,20,22,24). The normalized spacial score (nSPS) is 10.6. The van der Waals surface area contributed by atoms with Crippen LogP contribution in [0.1, 0.15) is 11.1 Å². The van der Waals surface area contributed by atoms with E-state index in [4.69, 9.17) is 0 Å². The zero-order valence-electron chi connectivity index (χ0n) is 13.7. The van der Waals surface area contributed by atoms with Gasteiger partial charge in [-0.25, -0.2) is 9.78 Å². The first-order valence-electron chi connectivity index (χ1n) is 7.55. The van der Waals surface area contributed by atoms with Crippen molar-refractivity contribution in [2.75, 3.05) is 5.32 Å². The molecule has 2 aromatic heterocycles. The van der Waals surface area contributed by atoms with Crippen LogP contribution in [0.4, 0.5) is 10.5 Å². The number of amides is 3. The third-order valence-corrected chi connectivity index (χ3v) is 4.60. The average molecular weight is 356 g/mol. The molecule has 128 valence electrons. The number of nitrogens with zero attached hydrogens (tertiary/aromatic N) is 2. The first kappa shape index (κ1) is 16.8. The van der Waals surface area contributed by atoms with Crippen LogP contribution in [-0.4, -0.2) is 21.5 Å². The molecule has 0 atom stereocenters. The van der Waals surface area contributed by atoms with Crippen molar-refractivity contribution in [1.29, 1.82) is 0 Å². The summed E-state index contributed by atoms with van der Waals surface area (Å²) in [6, 6.07) is 6.47. The van der Waals surface area contributed by atoms with E-state index >= 15 is 0 Å². The SMILES string of the molecule is Cc1ccc(NC(=O)NC(=O)Cn2cnc3sccc3c2=O)cc1C. The summed E-state index contributed by atoms with van der Waals surface area (Å²) in [5.74, 6) is -0.597. The van der Waals surface area contributed by atoms with E-state index in [0.29, 0.717) is 15.9 Å². The van der Waals surface area contributed by atoms with Crippen LogP contribution in [0.25, 0.3) is 10.2 Å². The molecule has 0 aliphatic rings. The lowest BCUT2D eigenvalue weighted by atomic mass is 10.1. The van der Waals surface area contributed by atoms with Gasteiger partial charge in [-0.2, -0.15) is 0 Å². The lowest BCUT2D eigenvalue weighted by Gasteiger charge is -2.09. The fraction of sp³-hybridized carbons (Fsp3) is 0.176. The third-order valence-electron chi connectivity index (χ3n) is 3.78. The van der Waals surface area contributed by atoms with Gasteiger partial charge in [-0.15, -0.1) is 11.3 Å². The van der Waals surface area contributed by atoms with Crippen molar-refractivity contribution in [2.45, 2.75) is 20.4 Å². The highest BCUT2D eigenvalue weighted by Gasteiger charge is 2.12. The van der Waals surface area contributed by atoms with Crippen LogP contribution in [0.2, 0.25) is 0 Å². The van der Waals surface area contributed by atoms with E-state index in [0.717, 1.165) is 11.1 Å². The summed E-state index contributed by atoms with van der Waals surface area (Å²) >= 11 is 1.35. The number of fused-ring (bicyclic) bond motifs is 1. The number of imide groups is 1. The van der Waals surface area contributed by atoms with Crippen LogP contribution >= 0.6 is 11.3 Å². The van der Waals surface area contributed by atoms with Crippen LogP contribution in [0, 0.1) is 13.8 Å². The quantitative estimate of drug-likeness (QED) is 0.754. The van der Waals surface area contributed by atoms with Gasteiger partial charge >= 0.3 is 6.03 Å². The Labute approximate surface area is 147 Å². The summed E-state index contributed by atoms with van der Waals surface area (Å²) in [4.78, 5) is 40.9. The van der Waals surface area contributed by atoms with Crippen molar-refractivity contribution in [3.05, 3.63) is 57.5 Å². The molecular weight excluding hydrogens is 340 g/mol. The summed E-state index contributed by atoms with van der Waals surface area (Å²) in [6.45, 7) is 3.63. The van der Waals surface area contributed by atoms with Crippen molar-refractivity contribution in [3.63, 3.8) is 0 Å². The van der Waals surface area contributed by atoms with Crippen LogP contribution in [0.15, 0.2) is 40.8 Å². The number of anilines is 1. The van der Waals surface area contributed by atoms with Crippen LogP contribution < -0.4 is 16.2 Å². The molecule has 7 nitrogen and oxygen atoms in total. The zero-order valence-corrected chi connectivity index (χ0v) is 14.5. The molecule has 25 heavy (non-hydrogen) atoms. The largest absolute Gasteiger partial charge is 0.325 e. The maximum absolute atomic E-state index is 12.2. The number of aromatic nitrogens is 2. The van der Waals surface area contributed by atoms with E-state index in [1.165, 1.54) is 22.2 Å². The molecule has 2 N–H and O–H groups in total. The lowest BCUT2D eigenvalue weighted by molar-refractivity contribution is -0.120. The van der Waals surface area contributed by atoms with Crippen molar-refractivity contribution in [2.24, 2.45) is 0 Å². The van der Waals surface area contributed by atoms with E-state index < -0.39 is 11.9 Å². The summed E-state index contributed by atoms with van der Waals surface area (Å²) in [5.41, 5.74) is 2.42. The van der Waals surface area contributed by atoms with E-state index in [1.807, 2.05) is 26.0 Å². The predicted octanol–water partition coefficient (Wildman–Crippen LogP) is 2.42. The molecule has 2 heterocycles. The lowest BCUT2D eigenvalue weighted by Crippen LogP contribution is -2.38. The first-order valence-corrected chi connectivity index (χ1v) is 8.43. The van der Waals surface area contributed by atoms with E-state index in [2.05, 4.69) is 15.6 Å². The van der Waals surface area contributed by atoms with Gasteiger partial charge < -0.3 is 5.32 Å². The number of carbonyl (C=O) groups is 2. The minimum absolute atomic E-state index is 0.280. The second-order valence-electron chi connectivity index (χ2n) is 5.62. The number of nitrogens with one attached hydrogen (secondary N) is 2. The van der Waals surface area contributed by atoms with Crippen molar-refractivity contribution < 1.29 is 9.59 Å². The summed E-state index contributed by atoms with van der Waals surface area (Å²) in [7, 11) is 0. The third kappa shape index (κ3) is 3.74. The Bertz CT molecular complexity index is 1020. The molecule has 8 heteroatoms. The van der Waals surface area contributed by atoms with E-state index in [1.54, 1.807) is 17.5 Å². The molecule has 0 saturated heterocycles. The molecule has 0 saturated carbocycles. The Hall–Kier alpha value is -3.00. The Morgan fingerprint density at radius 2 is 2.00 bits per heavy atom. The van der Waals surface area contributed by atoms with Crippen molar-refractivity contribution in [3.8, 4) is 0 Å². The second-order valence-corrected chi connectivity index (χ2v) is 6.51. The van der Waals surface area contributed by atoms with Gasteiger partial charge in [0, 0.05) is 5.69 Å². The van der Waals surface area contributed by atoms with Crippen LogP contribution in [0.3, 0.4) is 0 Å². The maximum Gasteiger partial charge on any atom is 0.325 e. The molecule has 1 aromatic carbocycles. The number of benzene rings is 1. The minimum atomic E-state index is -0.647. The monoisotopic (exact) mass is 356 g/mol. The van der Waals surface area contributed by atoms with Gasteiger partial charge in [-0.3, -0.25) is 19.5 Å². The molecule has 0 spiro atoms. The number of carbonyl (C=O) groups excluding carboxylic acids is 2. The number of hydrogen-bond acceptors (Lipinski definition) is 5. The Kier molecular flexibility index (Phi) is 4.62. The number of urea groups is 1. The highest BCUT2D eigenvalue weighted by atomic mass is 32.1. The van der Waals surface area contributed by atoms with Crippen LogP contribution in [-0.2, 0) is 11.3 Å². The fourth-order valence-corrected chi connectivity index (χ4v) is 3.03. The Morgan fingerprint density at radius 1 is 1.20 bits per heavy atom. The second kappa shape index (κ2) is 6.86. The minimum Gasteiger partial charge on any atom is -0.308 e. The van der Waals surface area contributed by atoms with Gasteiger partial charge in [-0.05, 0) is 48.6 Å². The van der Waals surface area contributed by atoms with E-state index in [-0.39, 0.29) is 12.1 Å². The molecule has 0 aliphatic heterocycles. The number of rotatable bonds is 3. The van der Waals surface area contributed by atoms with Crippen LogP contribution in [0.5, 0.6) is 0 Å². The van der Waals surface area contributed by atoms with E-state index in [9.17, 15) is 14.4 Å². The Balaban J connectivity index is 1.65. The number of hydrogen-bond donors (Lipinski definition) is 2. The number of thiophene rings is 1. The summed E-state index contributed by atoms with van der Waals surface area (Å²) in [6.07, 6.45) is 1.31. The topological polar surface area (TPSA) is 93.1 Å². The molecule has 0 fully saturated rings. The fourth-order valence-electron chi connectivity index (χ4n) is 2.31. The Morgan fingerprint density at radius 3 is 2.76 bits per heavy atom. The van der Waals surface area contributed by atoms with Gasteiger partial charge in [0.25, 0.3) is 5.56 Å². The van der Waals surface area contributed by atoms with Gasteiger partial charge in [0.05, 0.1) is 11.7 Å². The molecule has 0 unspecified atom stereocenters. The zero-order chi connectivity index (χ0) is 18.0. The molecule has 3 rings (SSSR count). The maximum atomic E-state index is 12.2. The first-order chi connectivity index (χ1) is 11.9. The van der Waals surface area contributed by atoms with Gasteiger partial charge in [0.1, 0.15) is 11.4 Å². The summed E-state index contributed by atoms with van der Waals surface area (Å²) < 4.78 is 1.17. The average Bonchev–Trinajstić information content (AvgIpc) is 3.03. The highest BCUT2D eigenvalue weighted by Crippen LogP contribution is 2.14. The summed E-state index contributed by atoms with van der Waals surface area (Å²) in [5, 5.41) is 7.02. The molecular formula is C17H16N4O3S.